The fourth-order valence-electron chi connectivity index (χ4n) is 2.17. The van der Waals surface area contributed by atoms with Crippen molar-refractivity contribution in [1.29, 1.82) is 0 Å². The lowest BCUT2D eigenvalue weighted by Crippen LogP contribution is -2.32. The molecule has 0 aromatic heterocycles. The third kappa shape index (κ3) is 2.84. The molecule has 1 aliphatic rings. The Labute approximate surface area is 105 Å². The Hall–Kier alpha value is -1.07. The van der Waals surface area contributed by atoms with Crippen LogP contribution in [0.2, 0.25) is 0 Å². The molecule has 0 bridgehead atoms. The zero-order valence-electron chi connectivity index (χ0n) is 10.2. The molecule has 1 saturated carbocycles. The molecule has 1 aromatic carbocycles. The number of nitrogens with two attached hydrogens (primary N) is 1. The van der Waals surface area contributed by atoms with Crippen LogP contribution in [0.5, 0.6) is 0 Å². The molecule has 0 spiro atoms. The number of benzene rings is 1. The van der Waals surface area contributed by atoms with Crippen molar-refractivity contribution in [2.45, 2.75) is 31.1 Å². The number of rotatable bonds is 4. The lowest BCUT2D eigenvalue weighted by atomic mass is 10.0. The van der Waals surface area contributed by atoms with Gasteiger partial charge in [-0.05, 0) is 37.6 Å². The molecule has 1 aliphatic carbocycles. The molecule has 0 heterocycles. The van der Waals surface area contributed by atoms with Gasteiger partial charge < -0.3 is 5.73 Å². The third-order valence-electron chi connectivity index (χ3n) is 3.46. The largest absolute Gasteiger partial charge is 0.416 e. The maximum Gasteiger partial charge on any atom is 0.416 e. The van der Waals surface area contributed by atoms with Crippen LogP contribution in [0.1, 0.15) is 30.0 Å². The molecule has 1 fully saturated rings. The minimum Gasteiger partial charge on any atom is -0.329 e. The van der Waals surface area contributed by atoms with Crippen LogP contribution < -0.4 is 5.73 Å². The van der Waals surface area contributed by atoms with Gasteiger partial charge in [0, 0.05) is 18.6 Å². The van der Waals surface area contributed by atoms with Gasteiger partial charge in [-0.2, -0.15) is 13.2 Å². The lowest BCUT2D eigenvalue weighted by Gasteiger charge is -2.27. The van der Waals surface area contributed by atoms with Crippen LogP contribution in [0.15, 0.2) is 24.3 Å². The Morgan fingerprint density at radius 2 is 1.83 bits per heavy atom. The van der Waals surface area contributed by atoms with Crippen molar-refractivity contribution in [2.75, 3.05) is 13.6 Å². The van der Waals surface area contributed by atoms with Crippen LogP contribution in [0.25, 0.3) is 0 Å². The van der Waals surface area contributed by atoms with Gasteiger partial charge in [-0.25, -0.2) is 0 Å². The third-order valence-corrected chi connectivity index (χ3v) is 3.46. The second-order valence-electron chi connectivity index (χ2n) is 4.77. The average Bonchev–Trinajstić information content (AvgIpc) is 3.13. The Kier molecular flexibility index (Phi) is 3.64. The predicted molar refractivity (Wildman–Crippen MR) is 64.0 cm³/mol. The summed E-state index contributed by atoms with van der Waals surface area (Å²) in [6, 6.07) is 5.83. The van der Waals surface area contributed by atoms with E-state index < -0.39 is 11.7 Å². The Bertz CT molecular complexity index is 396. The van der Waals surface area contributed by atoms with Gasteiger partial charge >= 0.3 is 6.18 Å². The minimum absolute atomic E-state index is 0.000200. The van der Waals surface area contributed by atoms with Gasteiger partial charge in [-0.3, -0.25) is 4.90 Å². The summed E-state index contributed by atoms with van der Waals surface area (Å²) < 4.78 is 37.4. The van der Waals surface area contributed by atoms with E-state index in [1.807, 2.05) is 7.05 Å². The quantitative estimate of drug-likeness (QED) is 0.899. The molecule has 0 radical (unpaired) electrons. The number of alkyl halides is 3. The second-order valence-corrected chi connectivity index (χ2v) is 4.77. The normalized spacial score (nSPS) is 18.1. The molecule has 18 heavy (non-hydrogen) atoms. The molecule has 0 aliphatic heterocycles. The van der Waals surface area contributed by atoms with Crippen LogP contribution in [0.3, 0.4) is 0 Å². The van der Waals surface area contributed by atoms with Crippen molar-refractivity contribution in [3.8, 4) is 0 Å². The van der Waals surface area contributed by atoms with E-state index in [0.717, 1.165) is 30.5 Å². The number of hydrogen-bond donors (Lipinski definition) is 1. The van der Waals surface area contributed by atoms with E-state index in [1.54, 1.807) is 0 Å². The maximum absolute atomic E-state index is 12.5. The van der Waals surface area contributed by atoms with Crippen LogP contribution in [-0.4, -0.2) is 24.5 Å². The number of hydrogen-bond acceptors (Lipinski definition) is 2. The highest BCUT2D eigenvalue weighted by Crippen LogP contribution is 2.34. The maximum atomic E-state index is 12.5. The topological polar surface area (TPSA) is 29.3 Å². The first-order chi connectivity index (χ1) is 8.43. The zero-order valence-corrected chi connectivity index (χ0v) is 10.2. The van der Waals surface area contributed by atoms with E-state index in [4.69, 9.17) is 5.73 Å². The molecule has 2 nitrogen and oxygen atoms in total. The minimum atomic E-state index is -4.28. The zero-order chi connectivity index (χ0) is 13.3. The summed E-state index contributed by atoms with van der Waals surface area (Å²) >= 11 is 0. The summed E-state index contributed by atoms with van der Waals surface area (Å²) in [5.41, 5.74) is 5.96. The van der Waals surface area contributed by atoms with Gasteiger partial charge in [0.2, 0.25) is 0 Å². The molecular weight excluding hydrogens is 241 g/mol. The molecule has 0 amide bonds. The van der Waals surface area contributed by atoms with E-state index in [0.29, 0.717) is 12.6 Å². The molecule has 5 heteroatoms. The molecule has 1 atom stereocenters. The van der Waals surface area contributed by atoms with Crippen molar-refractivity contribution < 1.29 is 13.2 Å². The van der Waals surface area contributed by atoms with Gasteiger partial charge in [0.05, 0.1) is 5.56 Å². The van der Waals surface area contributed by atoms with Crippen molar-refractivity contribution in [3.05, 3.63) is 35.4 Å². The Balaban J connectivity index is 2.16. The van der Waals surface area contributed by atoms with Crippen LogP contribution >= 0.6 is 0 Å². The summed E-state index contributed by atoms with van der Waals surface area (Å²) in [5, 5.41) is 0. The Morgan fingerprint density at radius 1 is 1.28 bits per heavy atom. The van der Waals surface area contributed by atoms with E-state index in [1.165, 1.54) is 12.1 Å². The van der Waals surface area contributed by atoms with Crippen molar-refractivity contribution in [2.24, 2.45) is 5.73 Å². The first-order valence-electron chi connectivity index (χ1n) is 6.02. The molecule has 100 valence electrons. The Morgan fingerprint density at radius 3 is 2.22 bits per heavy atom. The molecular formula is C13H17F3N2. The first-order valence-corrected chi connectivity index (χ1v) is 6.02. The summed E-state index contributed by atoms with van der Waals surface area (Å²) in [6.07, 6.45) is -1.99. The van der Waals surface area contributed by atoms with E-state index in [2.05, 4.69) is 4.90 Å². The highest BCUT2D eigenvalue weighted by Gasteiger charge is 2.33. The fraction of sp³-hybridized carbons (Fsp3) is 0.538. The SMILES string of the molecule is CN(C1CC1)C(CN)c1ccc(C(F)(F)F)cc1. The second kappa shape index (κ2) is 4.90. The highest BCUT2D eigenvalue weighted by molar-refractivity contribution is 5.27. The summed E-state index contributed by atoms with van der Waals surface area (Å²) in [7, 11) is 1.98. The summed E-state index contributed by atoms with van der Waals surface area (Å²) in [6.45, 7) is 0.415. The van der Waals surface area contributed by atoms with E-state index >= 15 is 0 Å². The standard InChI is InChI=1S/C13H17F3N2/c1-18(11-6-7-11)12(8-17)9-2-4-10(5-3-9)13(14,15)16/h2-5,11-12H,6-8,17H2,1H3. The van der Waals surface area contributed by atoms with Gasteiger partial charge in [0.25, 0.3) is 0 Å². The number of halogens is 3. The molecule has 0 saturated heterocycles. The number of nitrogens with zero attached hydrogens (tertiary/aromatic N) is 1. The molecule has 1 unspecified atom stereocenters. The average molecular weight is 258 g/mol. The van der Waals surface area contributed by atoms with Crippen LogP contribution in [0.4, 0.5) is 13.2 Å². The van der Waals surface area contributed by atoms with Gasteiger partial charge in [-0.15, -0.1) is 0 Å². The summed E-state index contributed by atoms with van der Waals surface area (Å²) in [4.78, 5) is 2.16. The van der Waals surface area contributed by atoms with Crippen LogP contribution in [-0.2, 0) is 6.18 Å². The van der Waals surface area contributed by atoms with Crippen molar-refractivity contribution >= 4 is 0 Å². The van der Waals surface area contributed by atoms with Gasteiger partial charge in [0.1, 0.15) is 0 Å². The molecule has 2 N–H and O–H groups in total. The number of likely N-dealkylation sites (N-methyl/N-ethyl adjacent to an activating group) is 1. The van der Waals surface area contributed by atoms with Crippen LogP contribution in [0, 0.1) is 0 Å². The van der Waals surface area contributed by atoms with Crippen molar-refractivity contribution in [3.63, 3.8) is 0 Å². The van der Waals surface area contributed by atoms with E-state index in [-0.39, 0.29) is 6.04 Å². The van der Waals surface area contributed by atoms with Crippen molar-refractivity contribution in [1.82, 2.24) is 4.90 Å². The fourth-order valence-corrected chi connectivity index (χ4v) is 2.17. The van der Waals surface area contributed by atoms with Gasteiger partial charge in [-0.1, -0.05) is 12.1 Å². The lowest BCUT2D eigenvalue weighted by molar-refractivity contribution is -0.137. The molecule has 2 rings (SSSR count). The predicted octanol–water partition coefficient (Wildman–Crippen LogP) is 2.80. The molecule has 1 aromatic rings. The first kappa shape index (κ1) is 13.4. The smallest absolute Gasteiger partial charge is 0.329 e. The van der Waals surface area contributed by atoms with E-state index in [9.17, 15) is 13.2 Å². The summed E-state index contributed by atoms with van der Waals surface area (Å²) in [5.74, 6) is 0. The van der Waals surface area contributed by atoms with Gasteiger partial charge in [0.15, 0.2) is 0 Å². The monoisotopic (exact) mass is 258 g/mol. The highest BCUT2D eigenvalue weighted by atomic mass is 19.4.